The molecule has 7 heteroatoms. The molecule has 1 saturated carbocycles. The topological polar surface area (TPSA) is 74.5 Å². The van der Waals surface area contributed by atoms with Gasteiger partial charge < -0.3 is 33.2 Å². The summed E-state index contributed by atoms with van der Waals surface area (Å²) in [5.74, 6) is 4.13. The van der Waals surface area contributed by atoms with E-state index in [1.807, 2.05) is 12.1 Å². The fraction of sp³-hybridized carbons (Fsp3) is 0.333. The molecule has 0 spiro atoms. The third-order valence-corrected chi connectivity index (χ3v) is 11.1. The summed E-state index contributed by atoms with van der Waals surface area (Å²) in [4.78, 5) is 0. The summed E-state index contributed by atoms with van der Waals surface area (Å²) in [7, 11) is 0. The monoisotopic (exact) mass is 734 g/mol. The molecule has 280 valence electrons. The molecule has 3 aliphatic heterocycles. The van der Waals surface area contributed by atoms with Gasteiger partial charge in [-0.05, 0) is 123 Å². The molecule has 3 saturated heterocycles. The molecule has 7 nitrogen and oxygen atoms in total. The highest BCUT2D eigenvalue weighted by atomic mass is 16.7. The first kappa shape index (κ1) is 34.4. The van der Waals surface area contributed by atoms with Gasteiger partial charge in [-0.2, -0.15) is 0 Å². The lowest BCUT2D eigenvalue weighted by Crippen LogP contribution is -2.09. The van der Waals surface area contributed by atoms with Crippen LogP contribution >= 0.6 is 0 Å². The summed E-state index contributed by atoms with van der Waals surface area (Å²) in [5, 5.41) is 4.78. The van der Waals surface area contributed by atoms with Crippen LogP contribution in [0.2, 0.25) is 0 Å². The van der Waals surface area contributed by atoms with Gasteiger partial charge in [-0.15, -0.1) is 0 Å². The maximum atomic E-state index is 6.23. The number of ether oxygens (including phenoxy) is 7. The first-order valence-electron chi connectivity index (χ1n) is 19.8. The van der Waals surface area contributed by atoms with Crippen LogP contribution in [0.3, 0.4) is 0 Å². The zero-order chi connectivity index (χ0) is 36.6. The Balaban J connectivity index is 0.778. The van der Waals surface area contributed by atoms with Gasteiger partial charge in [0.15, 0.2) is 0 Å². The van der Waals surface area contributed by atoms with E-state index in [0.717, 1.165) is 90.9 Å². The summed E-state index contributed by atoms with van der Waals surface area (Å²) in [5.41, 5.74) is 7.41. The van der Waals surface area contributed by atoms with E-state index < -0.39 is 0 Å². The SMILES string of the molecule is c1cc(OCOc2ccc3cc(CC4CC4)ccc3c2)c(CC2CO2)cc1Cc1ccc(OCOc2ccc3ccc(CC4CO4)cc3c2)c(CC2CO2)c1. The minimum atomic E-state index is 0.124. The van der Waals surface area contributed by atoms with Crippen molar-refractivity contribution in [3.63, 3.8) is 0 Å². The van der Waals surface area contributed by atoms with E-state index in [2.05, 4.69) is 97.1 Å². The van der Waals surface area contributed by atoms with Crippen LogP contribution in [0.15, 0.2) is 109 Å². The highest BCUT2D eigenvalue weighted by Gasteiger charge is 2.26. The Morgan fingerprint density at radius 3 is 1.49 bits per heavy atom. The first-order valence-corrected chi connectivity index (χ1v) is 19.8. The molecule has 0 amide bonds. The summed E-state index contributed by atoms with van der Waals surface area (Å²) in [6.45, 7) is 2.69. The quantitative estimate of drug-likeness (QED) is 0.0644. The van der Waals surface area contributed by atoms with Crippen LogP contribution in [0.25, 0.3) is 21.5 Å². The van der Waals surface area contributed by atoms with Crippen LogP contribution in [-0.2, 0) is 46.3 Å². The Morgan fingerprint density at radius 1 is 0.418 bits per heavy atom. The van der Waals surface area contributed by atoms with Crippen molar-refractivity contribution in [2.24, 2.45) is 5.92 Å². The van der Waals surface area contributed by atoms with Gasteiger partial charge in [0.25, 0.3) is 0 Å². The van der Waals surface area contributed by atoms with E-state index in [1.165, 1.54) is 57.7 Å². The number of hydrogen-bond acceptors (Lipinski definition) is 7. The van der Waals surface area contributed by atoms with Crippen molar-refractivity contribution in [2.75, 3.05) is 33.4 Å². The van der Waals surface area contributed by atoms with Gasteiger partial charge in [-0.1, -0.05) is 72.8 Å². The van der Waals surface area contributed by atoms with Gasteiger partial charge in [0.1, 0.15) is 23.0 Å². The van der Waals surface area contributed by atoms with E-state index in [1.54, 1.807) is 0 Å². The number of fused-ring (bicyclic) bond motifs is 2. The smallest absolute Gasteiger partial charge is 0.230 e. The molecule has 3 atom stereocenters. The molecule has 0 aromatic heterocycles. The molecule has 6 aromatic rings. The van der Waals surface area contributed by atoms with Gasteiger partial charge in [0.05, 0.1) is 38.1 Å². The van der Waals surface area contributed by atoms with Crippen LogP contribution in [0.1, 0.15) is 46.2 Å². The lowest BCUT2D eigenvalue weighted by atomic mass is 9.97. The summed E-state index contributed by atoms with van der Waals surface area (Å²) in [6, 6.07) is 38.7. The zero-order valence-electron chi connectivity index (χ0n) is 31.0. The van der Waals surface area contributed by atoms with E-state index >= 15 is 0 Å². The number of benzene rings is 6. The molecular formula is C48H46O7. The third kappa shape index (κ3) is 9.08. The van der Waals surface area contributed by atoms with E-state index in [-0.39, 0.29) is 25.8 Å². The van der Waals surface area contributed by atoms with Crippen LogP contribution in [0.4, 0.5) is 0 Å². The predicted octanol–water partition coefficient (Wildman–Crippen LogP) is 9.19. The normalized spacial score (nSPS) is 19.7. The highest BCUT2D eigenvalue weighted by Crippen LogP contribution is 2.34. The van der Waals surface area contributed by atoms with E-state index in [4.69, 9.17) is 33.2 Å². The molecule has 4 fully saturated rings. The molecule has 0 N–H and O–H groups in total. The molecule has 10 rings (SSSR count). The van der Waals surface area contributed by atoms with Crippen molar-refractivity contribution in [2.45, 2.75) is 63.3 Å². The number of rotatable bonds is 18. The summed E-state index contributed by atoms with van der Waals surface area (Å²) in [6.07, 6.45) is 8.12. The Labute approximate surface area is 322 Å². The first-order chi connectivity index (χ1) is 27.1. The Morgan fingerprint density at radius 2 is 0.891 bits per heavy atom. The minimum Gasteiger partial charge on any atom is -0.457 e. The Bertz CT molecular complexity index is 2320. The van der Waals surface area contributed by atoms with Crippen molar-refractivity contribution >= 4 is 21.5 Å². The second kappa shape index (κ2) is 15.2. The van der Waals surface area contributed by atoms with Gasteiger partial charge in [0.2, 0.25) is 13.6 Å². The average molecular weight is 735 g/mol. The van der Waals surface area contributed by atoms with Gasteiger partial charge in [0, 0.05) is 19.3 Å². The van der Waals surface area contributed by atoms with Crippen molar-refractivity contribution in [1.82, 2.24) is 0 Å². The molecule has 1 aliphatic carbocycles. The Kier molecular flexibility index (Phi) is 9.52. The zero-order valence-corrected chi connectivity index (χ0v) is 31.0. The number of epoxide rings is 3. The minimum absolute atomic E-state index is 0.124. The Hall–Kier alpha value is -5.08. The van der Waals surface area contributed by atoms with Crippen LogP contribution in [0.5, 0.6) is 23.0 Å². The maximum absolute atomic E-state index is 6.23. The van der Waals surface area contributed by atoms with Gasteiger partial charge in [-0.3, -0.25) is 0 Å². The lowest BCUT2D eigenvalue weighted by molar-refractivity contribution is 0.118. The molecule has 55 heavy (non-hydrogen) atoms. The van der Waals surface area contributed by atoms with Crippen molar-refractivity contribution in [3.8, 4) is 23.0 Å². The van der Waals surface area contributed by atoms with Crippen molar-refractivity contribution in [1.29, 1.82) is 0 Å². The predicted molar refractivity (Wildman–Crippen MR) is 213 cm³/mol. The highest BCUT2D eigenvalue weighted by molar-refractivity contribution is 5.85. The molecular weight excluding hydrogens is 689 g/mol. The lowest BCUT2D eigenvalue weighted by Gasteiger charge is -2.16. The second-order valence-electron chi connectivity index (χ2n) is 15.7. The fourth-order valence-electron chi connectivity index (χ4n) is 7.59. The standard InChI is InChI=1S/C48H46O7/c1-2-31(1)15-32-4-8-38-22-42(12-10-37(38)17-32)52-29-54-47-13-5-33(19-40(47)24-45-27-50-45)16-34-6-14-48(41(20-34)25-46-28-51-46)55-30-53-43-11-9-36-7-3-35(18-39(36)23-43)21-44-26-49-44/h3-14,17-20,22-23,31,44-46H,1-2,15-16,21,24-30H2. The van der Waals surface area contributed by atoms with Crippen LogP contribution in [0, 0.1) is 5.92 Å². The third-order valence-electron chi connectivity index (χ3n) is 11.1. The maximum Gasteiger partial charge on any atom is 0.230 e. The second-order valence-corrected chi connectivity index (χ2v) is 15.7. The van der Waals surface area contributed by atoms with E-state index in [9.17, 15) is 0 Å². The van der Waals surface area contributed by atoms with Crippen LogP contribution < -0.4 is 18.9 Å². The molecule has 4 aliphatic rings. The fourth-order valence-corrected chi connectivity index (χ4v) is 7.59. The average Bonchev–Trinajstić information content (AvgIpc) is 3.96. The van der Waals surface area contributed by atoms with Crippen molar-refractivity contribution in [3.05, 3.63) is 143 Å². The largest absolute Gasteiger partial charge is 0.457 e. The number of hydrogen-bond donors (Lipinski definition) is 0. The summed E-state index contributed by atoms with van der Waals surface area (Å²) >= 11 is 0. The molecule has 3 heterocycles. The molecule has 0 bridgehead atoms. The molecule has 0 radical (unpaired) electrons. The molecule has 3 unspecified atom stereocenters. The van der Waals surface area contributed by atoms with Gasteiger partial charge in [-0.25, -0.2) is 0 Å². The molecule has 6 aromatic carbocycles. The van der Waals surface area contributed by atoms with Gasteiger partial charge >= 0.3 is 0 Å². The summed E-state index contributed by atoms with van der Waals surface area (Å²) < 4.78 is 41.3. The van der Waals surface area contributed by atoms with Crippen molar-refractivity contribution < 1.29 is 33.2 Å². The van der Waals surface area contributed by atoms with E-state index in [0.29, 0.717) is 6.10 Å². The van der Waals surface area contributed by atoms with Crippen LogP contribution in [-0.4, -0.2) is 51.7 Å².